The van der Waals surface area contributed by atoms with Gasteiger partial charge in [0.1, 0.15) is 5.82 Å². The summed E-state index contributed by atoms with van der Waals surface area (Å²) in [6.07, 6.45) is 4.01. The van der Waals surface area contributed by atoms with Crippen molar-refractivity contribution in [3.8, 4) is 0 Å². The van der Waals surface area contributed by atoms with Crippen LogP contribution in [0, 0.1) is 0 Å². The van der Waals surface area contributed by atoms with Crippen LogP contribution in [0.3, 0.4) is 0 Å². The molecule has 0 saturated heterocycles. The molecule has 0 spiro atoms. The van der Waals surface area contributed by atoms with E-state index in [1.165, 1.54) is 30.1 Å². The van der Waals surface area contributed by atoms with Gasteiger partial charge in [0.15, 0.2) is 0 Å². The molecule has 3 rings (SSSR count). The Kier molecular flexibility index (Phi) is 3.39. The summed E-state index contributed by atoms with van der Waals surface area (Å²) in [4.78, 5) is 4.87. The second kappa shape index (κ2) is 5.02. The van der Waals surface area contributed by atoms with Crippen LogP contribution in [0.1, 0.15) is 49.8 Å². The highest BCUT2D eigenvalue weighted by Crippen LogP contribution is 2.40. The lowest BCUT2D eigenvalue weighted by molar-refractivity contribution is 0.0628. The number of aromatic nitrogens is 2. The van der Waals surface area contributed by atoms with Gasteiger partial charge in [-0.05, 0) is 26.7 Å². The minimum absolute atomic E-state index is 0.278. The van der Waals surface area contributed by atoms with Crippen LogP contribution in [0.4, 0.5) is 0 Å². The third-order valence-electron chi connectivity index (χ3n) is 3.85. The molecule has 1 fully saturated rings. The predicted molar refractivity (Wildman–Crippen MR) is 70.7 cm³/mol. The fourth-order valence-corrected chi connectivity index (χ4v) is 2.84. The minimum Gasteiger partial charge on any atom is -0.377 e. The lowest BCUT2D eigenvalue weighted by atomic mass is 10.2. The van der Waals surface area contributed by atoms with Gasteiger partial charge < -0.3 is 14.6 Å². The van der Waals surface area contributed by atoms with Gasteiger partial charge in [-0.3, -0.25) is 0 Å². The molecule has 1 N–H and O–H groups in total. The fraction of sp³-hybridized carbons (Fsp3) is 0.786. The second-order valence-electron chi connectivity index (χ2n) is 5.44. The van der Waals surface area contributed by atoms with Crippen LogP contribution in [0.25, 0.3) is 0 Å². The molecule has 0 aromatic carbocycles. The summed E-state index contributed by atoms with van der Waals surface area (Å²) < 4.78 is 8.15. The maximum Gasteiger partial charge on any atom is 0.112 e. The van der Waals surface area contributed by atoms with E-state index in [9.17, 15) is 0 Å². The molecule has 1 saturated carbocycles. The average Bonchev–Trinajstić information content (AvgIpc) is 3.14. The molecule has 1 unspecified atom stereocenters. The fourth-order valence-electron chi connectivity index (χ4n) is 2.84. The number of nitrogens with zero attached hydrogens (tertiary/aromatic N) is 2. The predicted octanol–water partition coefficient (Wildman–Crippen LogP) is 1.83. The molecular weight excluding hydrogens is 226 g/mol. The molecule has 100 valence electrons. The molecule has 2 heterocycles. The standard InChI is InChI=1S/C14H23N3O/c1-3-18-10(2)9-17-13-6-7-15-8-12(13)16-14(17)11-4-5-11/h10-11,15H,3-9H2,1-2H3. The lowest BCUT2D eigenvalue weighted by Crippen LogP contribution is -2.27. The molecule has 0 amide bonds. The Labute approximate surface area is 109 Å². The first-order chi connectivity index (χ1) is 8.79. The Morgan fingerprint density at radius 2 is 2.33 bits per heavy atom. The Morgan fingerprint density at radius 3 is 3.06 bits per heavy atom. The highest BCUT2D eigenvalue weighted by molar-refractivity contribution is 5.24. The maximum absolute atomic E-state index is 5.70. The summed E-state index contributed by atoms with van der Waals surface area (Å²) in [6, 6.07) is 0. The first-order valence-electron chi connectivity index (χ1n) is 7.20. The van der Waals surface area contributed by atoms with E-state index in [1.54, 1.807) is 0 Å². The van der Waals surface area contributed by atoms with Crippen LogP contribution in [0.5, 0.6) is 0 Å². The van der Waals surface area contributed by atoms with Crippen LogP contribution in [-0.2, 0) is 24.2 Å². The SMILES string of the molecule is CCOC(C)Cn1c(C2CC2)nc2c1CCNC2. The van der Waals surface area contributed by atoms with Crippen molar-refractivity contribution in [2.45, 2.75) is 58.2 Å². The number of fused-ring (bicyclic) bond motifs is 1. The summed E-state index contributed by atoms with van der Waals surface area (Å²) in [5.74, 6) is 2.03. The molecule has 1 aromatic rings. The van der Waals surface area contributed by atoms with Gasteiger partial charge in [-0.1, -0.05) is 0 Å². The number of ether oxygens (including phenoxy) is 1. The molecule has 0 bridgehead atoms. The summed E-state index contributed by atoms with van der Waals surface area (Å²) in [5, 5.41) is 3.41. The number of nitrogens with one attached hydrogen (secondary N) is 1. The molecule has 4 nitrogen and oxygen atoms in total. The first kappa shape index (κ1) is 12.2. The van der Waals surface area contributed by atoms with E-state index in [2.05, 4.69) is 23.7 Å². The zero-order valence-corrected chi connectivity index (χ0v) is 11.4. The van der Waals surface area contributed by atoms with E-state index < -0.39 is 0 Å². The van der Waals surface area contributed by atoms with Gasteiger partial charge in [-0.2, -0.15) is 0 Å². The maximum atomic E-state index is 5.70. The smallest absolute Gasteiger partial charge is 0.112 e. The topological polar surface area (TPSA) is 39.1 Å². The number of hydrogen-bond acceptors (Lipinski definition) is 3. The van der Waals surface area contributed by atoms with Crippen molar-refractivity contribution < 1.29 is 4.74 Å². The highest BCUT2D eigenvalue weighted by atomic mass is 16.5. The van der Waals surface area contributed by atoms with Crippen LogP contribution in [-0.4, -0.2) is 28.8 Å². The third-order valence-corrected chi connectivity index (χ3v) is 3.85. The van der Waals surface area contributed by atoms with Crippen molar-refractivity contribution in [2.75, 3.05) is 13.2 Å². The van der Waals surface area contributed by atoms with Gasteiger partial charge in [-0.15, -0.1) is 0 Å². The monoisotopic (exact) mass is 249 g/mol. The van der Waals surface area contributed by atoms with Gasteiger partial charge in [0.25, 0.3) is 0 Å². The van der Waals surface area contributed by atoms with Crippen LogP contribution < -0.4 is 5.32 Å². The van der Waals surface area contributed by atoms with Gasteiger partial charge in [0.05, 0.1) is 18.3 Å². The van der Waals surface area contributed by atoms with Crippen molar-refractivity contribution in [2.24, 2.45) is 0 Å². The van der Waals surface area contributed by atoms with Crippen LogP contribution in [0.15, 0.2) is 0 Å². The minimum atomic E-state index is 0.278. The Hall–Kier alpha value is -0.870. The van der Waals surface area contributed by atoms with Crippen molar-refractivity contribution in [1.29, 1.82) is 0 Å². The van der Waals surface area contributed by atoms with Gasteiger partial charge >= 0.3 is 0 Å². The molecule has 18 heavy (non-hydrogen) atoms. The second-order valence-corrected chi connectivity index (χ2v) is 5.44. The summed E-state index contributed by atoms with van der Waals surface area (Å²) in [6.45, 7) is 7.98. The van der Waals surface area contributed by atoms with E-state index >= 15 is 0 Å². The molecule has 1 aromatic heterocycles. The third kappa shape index (κ3) is 2.31. The van der Waals surface area contributed by atoms with E-state index in [0.29, 0.717) is 5.92 Å². The summed E-state index contributed by atoms with van der Waals surface area (Å²) in [7, 11) is 0. The van der Waals surface area contributed by atoms with Crippen molar-refractivity contribution in [3.63, 3.8) is 0 Å². The largest absolute Gasteiger partial charge is 0.377 e. The van der Waals surface area contributed by atoms with Crippen molar-refractivity contribution >= 4 is 0 Å². The van der Waals surface area contributed by atoms with Crippen LogP contribution >= 0.6 is 0 Å². The molecular formula is C14H23N3O. The molecule has 2 aliphatic rings. The Bertz CT molecular complexity index is 423. The molecule has 0 radical (unpaired) electrons. The highest BCUT2D eigenvalue weighted by Gasteiger charge is 2.32. The Morgan fingerprint density at radius 1 is 1.50 bits per heavy atom. The van der Waals surface area contributed by atoms with Crippen molar-refractivity contribution in [3.05, 3.63) is 17.2 Å². The number of hydrogen-bond donors (Lipinski definition) is 1. The zero-order chi connectivity index (χ0) is 12.5. The van der Waals surface area contributed by atoms with Crippen LogP contribution in [0.2, 0.25) is 0 Å². The average molecular weight is 249 g/mol. The lowest BCUT2D eigenvalue weighted by Gasteiger charge is -2.19. The van der Waals surface area contributed by atoms with Gasteiger partial charge in [0, 0.05) is 37.7 Å². The first-order valence-corrected chi connectivity index (χ1v) is 7.20. The number of rotatable bonds is 5. The summed E-state index contributed by atoms with van der Waals surface area (Å²) in [5.41, 5.74) is 2.72. The quantitative estimate of drug-likeness (QED) is 0.865. The van der Waals surface area contributed by atoms with Gasteiger partial charge in [-0.25, -0.2) is 4.98 Å². The normalized spacial score (nSPS) is 20.8. The van der Waals surface area contributed by atoms with Gasteiger partial charge in [0.2, 0.25) is 0 Å². The zero-order valence-electron chi connectivity index (χ0n) is 11.4. The molecule has 1 atom stereocenters. The molecule has 1 aliphatic heterocycles. The molecule has 1 aliphatic carbocycles. The number of imidazole rings is 1. The van der Waals surface area contributed by atoms with E-state index in [4.69, 9.17) is 9.72 Å². The van der Waals surface area contributed by atoms with E-state index in [1.807, 2.05) is 0 Å². The summed E-state index contributed by atoms with van der Waals surface area (Å²) >= 11 is 0. The molecule has 4 heteroatoms. The van der Waals surface area contributed by atoms with E-state index in [0.717, 1.165) is 32.7 Å². The Balaban J connectivity index is 1.87. The van der Waals surface area contributed by atoms with E-state index in [-0.39, 0.29) is 6.10 Å². The van der Waals surface area contributed by atoms with Crippen molar-refractivity contribution in [1.82, 2.24) is 14.9 Å².